The summed E-state index contributed by atoms with van der Waals surface area (Å²) >= 11 is 0. The minimum Gasteiger partial charge on any atom is -0.336 e. The highest BCUT2D eigenvalue weighted by atomic mass is 16.2. The van der Waals surface area contributed by atoms with Crippen LogP contribution in [0.4, 0.5) is 4.79 Å². The Balaban J connectivity index is 1.77. The van der Waals surface area contributed by atoms with Crippen LogP contribution in [0.2, 0.25) is 0 Å². The number of nitrogens with zero attached hydrogens (tertiary/aromatic N) is 4. The summed E-state index contributed by atoms with van der Waals surface area (Å²) in [5.74, 6) is -0.173. The van der Waals surface area contributed by atoms with Crippen LogP contribution in [0.5, 0.6) is 0 Å². The molecule has 0 spiro atoms. The summed E-state index contributed by atoms with van der Waals surface area (Å²) in [5, 5.41) is 7.33. The van der Waals surface area contributed by atoms with E-state index in [0.717, 1.165) is 22.6 Å². The molecule has 2 heterocycles. The number of carbonyl (C=O) groups excluding carboxylic acids is 2. The Morgan fingerprint density at radius 2 is 2.00 bits per heavy atom. The van der Waals surface area contributed by atoms with Crippen LogP contribution in [0, 0.1) is 13.8 Å². The number of nitrogens with one attached hydrogen (secondary N) is 1. The van der Waals surface area contributed by atoms with E-state index < -0.39 is 6.04 Å². The fourth-order valence-corrected chi connectivity index (χ4v) is 3.21. The number of carbonyl (C=O) groups is 2. The lowest BCUT2D eigenvalue weighted by Crippen LogP contribution is -2.46. The highest BCUT2D eigenvalue weighted by molar-refractivity contribution is 5.98. The molecule has 1 aromatic carbocycles. The zero-order valence-electron chi connectivity index (χ0n) is 15.7. The van der Waals surface area contributed by atoms with Gasteiger partial charge in [-0.3, -0.25) is 14.6 Å². The lowest BCUT2D eigenvalue weighted by Gasteiger charge is -2.26. The molecule has 2 aromatic rings. The SMILES string of the molecule is Cc1nn(-c2ccccc2)c(C)c1CN(C)[C@@H](C)C(=O)N1CCNC1=O. The zero-order valence-corrected chi connectivity index (χ0v) is 15.7. The van der Waals surface area contributed by atoms with Crippen LogP contribution in [0.3, 0.4) is 0 Å². The Hall–Kier alpha value is -2.67. The van der Waals surface area contributed by atoms with Crippen molar-refractivity contribution in [3.8, 4) is 5.69 Å². The number of amides is 3. The third-order valence-corrected chi connectivity index (χ3v) is 4.99. The lowest BCUT2D eigenvalue weighted by atomic mass is 10.1. The summed E-state index contributed by atoms with van der Waals surface area (Å²) in [6.45, 7) is 7.39. The number of likely N-dealkylation sites (N-methyl/N-ethyl adjacent to an activating group) is 1. The Labute approximate surface area is 153 Å². The molecule has 0 aliphatic carbocycles. The van der Waals surface area contributed by atoms with Crippen molar-refractivity contribution >= 4 is 11.9 Å². The third kappa shape index (κ3) is 3.35. The number of rotatable bonds is 5. The van der Waals surface area contributed by atoms with E-state index in [0.29, 0.717) is 19.6 Å². The van der Waals surface area contributed by atoms with Gasteiger partial charge >= 0.3 is 6.03 Å². The molecular formula is C19H25N5O2. The second kappa shape index (κ2) is 7.29. The van der Waals surface area contributed by atoms with E-state index in [1.54, 1.807) is 0 Å². The van der Waals surface area contributed by atoms with E-state index in [-0.39, 0.29) is 11.9 Å². The number of urea groups is 1. The highest BCUT2D eigenvalue weighted by Crippen LogP contribution is 2.20. The maximum atomic E-state index is 12.6. The number of aryl methyl sites for hydroxylation is 1. The van der Waals surface area contributed by atoms with Crippen molar-refractivity contribution in [2.45, 2.75) is 33.4 Å². The molecule has 3 amide bonds. The van der Waals surface area contributed by atoms with Gasteiger partial charge in [0, 0.05) is 30.9 Å². The molecule has 1 fully saturated rings. The van der Waals surface area contributed by atoms with Gasteiger partial charge in [0.2, 0.25) is 5.91 Å². The van der Waals surface area contributed by atoms with Gasteiger partial charge in [0.1, 0.15) is 0 Å². The Morgan fingerprint density at radius 3 is 2.62 bits per heavy atom. The Kier molecular flexibility index (Phi) is 5.08. The maximum Gasteiger partial charge on any atom is 0.324 e. The van der Waals surface area contributed by atoms with Gasteiger partial charge in [0.25, 0.3) is 0 Å². The van der Waals surface area contributed by atoms with Gasteiger partial charge in [-0.25, -0.2) is 9.48 Å². The molecule has 1 aliphatic heterocycles. The number of hydrogen-bond acceptors (Lipinski definition) is 4. The summed E-state index contributed by atoms with van der Waals surface area (Å²) < 4.78 is 1.93. The average molecular weight is 355 g/mol. The first kappa shape index (κ1) is 18.1. The third-order valence-electron chi connectivity index (χ3n) is 4.99. The van der Waals surface area contributed by atoms with Crippen molar-refractivity contribution in [2.24, 2.45) is 0 Å². The minimum atomic E-state index is -0.391. The van der Waals surface area contributed by atoms with Crippen LogP contribution in [0.25, 0.3) is 5.69 Å². The van der Waals surface area contributed by atoms with Gasteiger partial charge in [-0.1, -0.05) is 18.2 Å². The number of aromatic nitrogens is 2. The Bertz CT molecular complexity index is 815. The normalized spacial score (nSPS) is 15.4. The quantitative estimate of drug-likeness (QED) is 0.889. The van der Waals surface area contributed by atoms with E-state index >= 15 is 0 Å². The molecule has 0 bridgehead atoms. The molecule has 0 saturated carbocycles. The number of para-hydroxylation sites is 1. The fraction of sp³-hybridized carbons (Fsp3) is 0.421. The van der Waals surface area contributed by atoms with Gasteiger partial charge < -0.3 is 5.32 Å². The van der Waals surface area contributed by atoms with Crippen molar-refractivity contribution in [2.75, 3.05) is 20.1 Å². The predicted octanol–water partition coefficient (Wildman–Crippen LogP) is 1.86. The largest absolute Gasteiger partial charge is 0.336 e. The lowest BCUT2D eigenvalue weighted by molar-refractivity contribution is -0.132. The molecule has 1 aromatic heterocycles. The number of imide groups is 1. The molecule has 1 atom stereocenters. The van der Waals surface area contributed by atoms with Gasteiger partial charge in [-0.05, 0) is 40.0 Å². The fourth-order valence-electron chi connectivity index (χ4n) is 3.21. The minimum absolute atomic E-state index is 0.173. The highest BCUT2D eigenvalue weighted by Gasteiger charge is 2.31. The average Bonchev–Trinajstić information content (AvgIpc) is 3.19. The molecular weight excluding hydrogens is 330 g/mol. The first-order valence-electron chi connectivity index (χ1n) is 8.80. The van der Waals surface area contributed by atoms with Crippen LogP contribution in [0.1, 0.15) is 23.9 Å². The molecule has 0 radical (unpaired) electrons. The summed E-state index contributed by atoms with van der Waals surface area (Å²) in [6, 6.07) is 9.29. The molecule has 1 N–H and O–H groups in total. The van der Waals surface area contributed by atoms with Crippen LogP contribution in [-0.4, -0.2) is 57.7 Å². The topological polar surface area (TPSA) is 70.5 Å². The van der Waals surface area contributed by atoms with Crippen LogP contribution in [0.15, 0.2) is 30.3 Å². The van der Waals surface area contributed by atoms with E-state index in [4.69, 9.17) is 0 Å². The first-order valence-corrected chi connectivity index (χ1v) is 8.80. The predicted molar refractivity (Wildman–Crippen MR) is 99.1 cm³/mol. The van der Waals surface area contributed by atoms with Crippen LogP contribution >= 0.6 is 0 Å². The van der Waals surface area contributed by atoms with E-state index in [1.165, 1.54) is 4.90 Å². The standard InChI is InChI=1S/C19H25N5O2/c1-13-17(14(2)24(21-13)16-8-6-5-7-9-16)12-22(4)15(3)18(25)23-11-10-20-19(23)26/h5-9,15H,10-12H2,1-4H3,(H,20,26)/t15-/m0/s1. The van der Waals surface area contributed by atoms with E-state index in [1.807, 2.05) is 67.7 Å². The summed E-state index contributed by atoms with van der Waals surface area (Å²) in [7, 11) is 1.90. The van der Waals surface area contributed by atoms with E-state index in [9.17, 15) is 9.59 Å². The van der Waals surface area contributed by atoms with Gasteiger partial charge in [0.05, 0.1) is 17.4 Å². The van der Waals surface area contributed by atoms with Gasteiger partial charge in [-0.2, -0.15) is 5.10 Å². The molecule has 1 saturated heterocycles. The van der Waals surface area contributed by atoms with Crippen molar-refractivity contribution < 1.29 is 9.59 Å². The zero-order chi connectivity index (χ0) is 18.8. The first-order chi connectivity index (χ1) is 12.4. The van der Waals surface area contributed by atoms with Crippen LogP contribution in [-0.2, 0) is 11.3 Å². The smallest absolute Gasteiger partial charge is 0.324 e. The van der Waals surface area contributed by atoms with Gasteiger partial charge in [0.15, 0.2) is 0 Å². The summed E-state index contributed by atoms with van der Waals surface area (Å²) in [6.07, 6.45) is 0. The van der Waals surface area contributed by atoms with Crippen molar-refractivity contribution in [3.63, 3.8) is 0 Å². The van der Waals surface area contributed by atoms with Crippen molar-refractivity contribution in [1.82, 2.24) is 24.9 Å². The summed E-state index contributed by atoms with van der Waals surface area (Å²) in [4.78, 5) is 27.6. The molecule has 3 rings (SSSR count). The second-order valence-corrected chi connectivity index (χ2v) is 6.71. The Morgan fingerprint density at radius 1 is 1.31 bits per heavy atom. The van der Waals surface area contributed by atoms with Crippen molar-refractivity contribution in [1.29, 1.82) is 0 Å². The molecule has 0 unspecified atom stereocenters. The number of benzene rings is 1. The molecule has 7 heteroatoms. The number of hydrogen-bond donors (Lipinski definition) is 1. The maximum absolute atomic E-state index is 12.6. The monoisotopic (exact) mass is 355 g/mol. The molecule has 1 aliphatic rings. The molecule has 26 heavy (non-hydrogen) atoms. The molecule has 138 valence electrons. The van der Waals surface area contributed by atoms with Gasteiger partial charge in [-0.15, -0.1) is 0 Å². The second-order valence-electron chi connectivity index (χ2n) is 6.71. The molecule has 7 nitrogen and oxygen atoms in total. The van der Waals surface area contributed by atoms with Crippen molar-refractivity contribution in [3.05, 3.63) is 47.3 Å². The van der Waals surface area contributed by atoms with Crippen LogP contribution < -0.4 is 5.32 Å². The van der Waals surface area contributed by atoms with E-state index in [2.05, 4.69) is 10.4 Å². The summed E-state index contributed by atoms with van der Waals surface area (Å²) in [5.41, 5.74) is 4.11.